The zero-order valence-corrected chi connectivity index (χ0v) is 17.5. The van der Waals surface area contributed by atoms with Crippen LogP contribution < -0.4 is 5.32 Å². The summed E-state index contributed by atoms with van der Waals surface area (Å²) < 4.78 is 21.7. The summed E-state index contributed by atoms with van der Waals surface area (Å²) in [6, 6.07) is 14.2. The standard InChI is InChI=1S/C24H21ClFN3O2/c25-21-7-3-8-22(26)20(21)15-29-14-17(19-6-1-2-9-23(19)29)11-16(12-27)24(30)28-13-18-5-4-10-31-18/h1-3,6-9,11,14,18H,4-5,10,13,15H2,(H,28,30)/b16-11+/t18-/m0/s1. The fraction of sp³-hybridized carbons (Fsp3) is 0.250. The van der Waals surface area contributed by atoms with Crippen molar-refractivity contribution in [2.24, 2.45) is 0 Å². The molecular weight excluding hydrogens is 417 g/mol. The quantitative estimate of drug-likeness (QED) is 0.449. The molecule has 5 nitrogen and oxygen atoms in total. The average Bonchev–Trinajstić information content (AvgIpc) is 3.41. The molecule has 0 spiro atoms. The van der Waals surface area contributed by atoms with Gasteiger partial charge in [0.25, 0.3) is 5.91 Å². The van der Waals surface area contributed by atoms with Crippen LogP contribution in [0, 0.1) is 17.1 Å². The second-order valence-corrected chi connectivity index (χ2v) is 7.85. The Morgan fingerprint density at radius 3 is 2.90 bits per heavy atom. The van der Waals surface area contributed by atoms with Crippen molar-refractivity contribution in [1.29, 1.82) is 5.26 Å². The third-order valence-corrected chi connectivity index (χ3v) is 5.74. The van der Waals surface area contributed by atoms with E-state index < -0.39 is 5.91 Å². The minimum atomic E-state index is -0.438. The number of para-hydroxylation sites is 1. The zero-order valence-electron chi connectivity index (χ0n) is 16.8. The number of ether oxygens (including phenoxy) is 1. The molecule has 0 radical (unpaired) electrons. The number of halogens is 2. The highest BCUT2D eigenvalue weighted by atomic mass is 35.5. The van der Waals surface area contributed by atoms with E-state index in [1.54, 1.807) is 24.4 Å². The number of hydrogen-bond donors (Lipinski definition) is 1. The molecule has 1 aliphatic heterocycles. The summed E-state index contributed by atoms with van der Waals surface area (Å²) in [5, 5.41) is 13.5. The molecule has 2 aromatic carbocycles. The molecule has 1 atom stereocenters. The van der Waals surface area contributed by atoms with Crippen molar-refractivity contribution in [3.63, 3.8) is 0 Å². The molecule has 1 N–H and O–H groups in total. The Bertz CT molecular complexity index is 1170. The Kier molecular flexibility index (Phi) is 6.36. The molecule has 4 rings (SSSR count). The Labute approximate surface area is 184 Å². The van der Waals surface area contributed by atoms with Gasteiger partial charge in [-0.3, -0.25) is 4.79 Å². The van der Waals surface area contributed by atoms with Crippen molar-refractivity contribution in [2.45, 2.75) is 25.5 Å². The van der Waals surface area contributed by atoms with E-state index in [-0.39, 0.29) is 24.0 Å². The Morgan fingerprint density at radius 1 is 1.32 bits per heavy atom. The SMILES string of the molecule is N#C/C(=C\c1cn(Cc2c(F)cccc2Cl)c2ccccc12)C(=O)NC[C@@H]1CCCO1. The predicted octanol–water partition coefficient (Wildman–Crippen LogP) is 4.68. The lowest BCUT2D eigenvalue weighted by molar-refractivity contribution is -0.117. The van der Waals surface area contributed by atoms with E-state index in [0.29, 0.717) is 29.3 Å². The van der Waals surface area contributed by atoms with Crippen molar-refractivity contribution in [3.05, 3.63) is 76.2 Å². The Hall–Kier alpha value is -3.14. The van der Waals surface area contributed by atoms with Crippen LogP contribution >= 0.6 is 11.6 Å². The van der Waals surface area contributed by atoms with Crippen LogP contribution in [0.2, 0.25) is 5.02 Å². The molecule has 158 valence electrons. The first-order valence-electron chi connectivity index (χ1n) is 10.1. The van der Waals surface area contributed by atoms with E-state index in [9.17, 15) is 14.4 Å². The number of carbonyl (C=O) groups is 1. The number of aromatic nitrogens is 1. The fourth-order valence-electron chi connectivity index (χ4n) is 3.79. The van der Waals surface area contributed by atoms with Crippen LogP contribution in [0.5, 0.6) is 0 Å². The normalized spacial score (nSPS) is 16.4. The maximum Gasteiger partial charge on any atom is 0.262 e. The summed E-state index contributed by atoms with van der Waals surface area (Å²) in [6.45, 7) is 1.31. The van der Waals surface area contributed by atoms with Gasteiger partial charge in [0, 0.05) is 46.4 Å². The second-order valence-electron chi connectivity index (χ2n) is 7.44. The number of nitrogens with one attached hydrogen (secondary N) is 1. The van der Waals surface area contributed by atoms with E-state index in [4.69, 9.17) is 16.3 Å². The highest BCUT2D eigenvalue weighted by Gasteiger charge is 2.18. The molecule has 0 aliphatic carbocycles. The van der Waals surface area contributed by atoms with Gasteiger partial charge in [0.15, 0.2) is 0 Å². The number of nitrogens with zero attached hydrogens (tertiary/aromatic N) is 2. The molecule has 1 aliphatic rings. The maximum atomic E-state index is 14.3. The lowest BCUT2D eigenvalue weighted by Gasteiger charge is -2.10. The van der Waals surface area contributed by atoms with Crippen LogP contribution in [0.15, 0.2) is 54.2 Å². The third kappa shape index (κ3) is 4.63. The highest BCUT2D eigenvalue weighted by Crippen LogP contribution is 2.27. The van der Waals surface area contributed by atoms with Gasteiger partial charge >= 0.3 is 0 Å². The van der Waals surface area contributed by atoms with Crippen LogP contribution in [0.4, 0.5) is 4.39 Å². The van der Waals surface area contributed by atoms with Gasteiger partial charge in [0.2, 0.25) is 0 Å². The van der Waals surface area contributed by atoms with E-state index in [1.807, 2.05) is 34.9 Å². The van der Waals surface area contributed by atoms with Crippen LogP contribution in [0.1, 0.15) is 24.0 Å². The first kappa shape index (κ1) is 21.1. The molecule has 1 amide bonds. The highest BCUT2D eigenvalue weighted by molar-refractivity contribution is 6.31. The molecule has 2 heterocycles. The molecule has 1 aromatic heterocycles. The number of nitriles is 1. The molecule has 1 saturated heterocycles. The number of amides is 1. The molecular formula is C24H21ClFN3O2. The Morgan fingerprint density at radius 2 is 2.16 bits per heavy atom. The summed E-state index contributed by atoms with van der Waals surface area (Å²) in [6.07, 6.45) is 5.24. The van der Waals surface area contributed by atoms with Gasteiger partial charge in [-0.25, -0.2) is 4.39 Å². The van der Waals surface area contributed by atoms with Gasteiger partial charge in [-0.15, -0.1) is 0 Å². The molecule has 0 bridgehead atoms. The summed E-state index contributed by atoms with van der Waals surface area (Å²) >= 11 is 6.20. The predicted molar refractivity (Wildman–Crippen MR) is 118 cm³/mol. The maximum absolute atomic E-state index is 14.3. The first-order valence-corrected chi connectivity index (χ1v) is 10.5. The minimum Gasteiger partial charge on any atom is -0.376 e. The van der Waals surface area contributed by atoms with Gasteiger partial charge in [-0.05, 0) is 37.1 Å². The van der Waals surface area contributed by atoms with Crippen molar-refractivity contribution >= 4 is 34.5 Å². The van der Waals surface area contributed by atoms with Crippen LogP contribution in [-0.4, -0.2) is 29.7 Å². The minimum absolute atomic E-state index is 0.00340. The number of benzene rings is 2. The molecule has 3 aromatic rings. The fourth-order valence-corrected chi connectivity index (χ4v) is 4.01. The van der Waals surface area contributed by atoms with E-state index in [2.05, 4.69) is 5.32 Å². The van der Waals surface area contributed by atoms with Gasteiger partial charge < -0.3 is 14.6 Å². The van der Waals surface area contributed by atoms with Gasteiger partial charge in [-0.2, -0.15) is 5.26 Å². The topological polar surface area (TPSA) is 67.0 Å². The molecule has 31 heavy (non-hydrogen) atoms. The van der Waals surface area contributed by atoms with Crippen LogP contribution in [0.3, 0.4) is 0 Å². The molecule has 0 saturated carbocycles. The van der Waals surface area contributed by atoms with Crippen molar-refractivity contribution in [1.82, 2.24) is 9.88 Å². The Balaban J connectivity index is 1.64. The number of carbonyl (C=O) groups excluding carboxylic acids is 1. The van der Waals surface area contributed by atoms with Gasteiger partial charge in [-0.1, -0.05) is 35.9 Å². The molecule has 0 unspecified atom stereocenters. The van der Waals surface area contributed by atoms with E-state index in [0.717, 1.165) is 23.7 Å². The number of fused-ring (bicyclic) bond motifs is 1. The molecule has 1 fully saturated rings. The molecule has 7 heteroatoms. The summed E-state index contributed by atoms with van der Waals surface area (Å²) in [4.78, 5) is 12.5. The first-order chi connectivity index (χ1) is 15.1. The number of rotatable bonds is 6. The summed E-state index contributed by atoms with van der Waals surface area (Å²) in [5.74, 6) is -0.819. The summed E-state index contributed by atoms with van der Waals surface area (Å²) in [5.41, 5.74) is 1.94. The van der Waals surface area contributed by atoms with Crippen molar-refractivity contribution in [3.8, 4) is 6.07 Å². The lowest BCUT2D eigenvalue weighted by atomic mass is 10.1. The summed E-state index contributed by atoms with van der Waals surface area (Å²) in [7, 11) is 0. The van der Waals surface area contributed by atoms with Gasteiger partial charge in [0.05, 0.1) is 12.6 Å². The smallest absolute Gasteiger partial charge is 0.262 e. The second kappa shape index (κ2) is 9.34. The van der Waals surface area contributed by atoms with Gasteiger partial charge in [0.1, 0.15) is 17.5 Å². The van der Waals surface area contributed by atoms with Crippen LogP contribution in [0.25, 0.3) is 17.0 Å². The monoisotopic (exact) mass is 437 g/mol. The zero-order chi connectivity index (χ0) is 21.8. The lowest BCUT2D eigenvalue weighted by Crippen LogP contribution is -2.32. The number of hydrogen-bond acceptors (Lipinski definition) is 3. The van der Waals surface area contributed by atoms with Crippen molar-refractivity contribution < 1.29 is 13.9 Å². The van der Waals surface area contributed by atoms with Crippen LogP contribution in [-0.2, 0) is 16.1 Å². The third-order valence-electron chi connectivity index (χ3n) is 5.39. The largest absolute Gasteiger partial charge is 0.376 e. The van der Waals surface area contributed by atoms with Crippen molar-refractivity contribution in [2.75, 3.05) is 13.2 Å². The van der Waals surface area contributed by atoms with E-state index >= 15 is 0 Å². The average molecular weight is 438 g/mol. The van der Waals surface area contributed by atoms with E-state index in [1.165, 1.54) is 6.07 Å².